The molecule has 1 aromatic heterocycles. The third kappa shape index (κ3) is 2.19. The molecule has 0 spiro atoms. The van der Waals surface area contributed by atoms with Crippen LogP contribution < -0.4 is 5.32 Å². The maximum atomic E-state index is 5.58. The van der Waals surface area contributed by atoms with Gasteiger partial charge in [-0.2, -0.15) is 0 Å². The van der Waals surface area contributed by atoms with E-state index in [1.165, 1.54) is 25.0 Å². The Labute approximate surface area is 121 Å². The summed E-state index contributed by atoms with van der Waals surface area (Å²) in [5, 5.41) is 3.72. The molecule has 1 aliphatic carbocycles. The molecule has 1 saturated heterocycles. The summed E-state index contributed by atoms with van der Waals surface area (Å²) < 4.78 is 7.98. The zero-order chi connectivity index (χ0) is 14.3. The lowest BCUT2D eigenvalue weighted by Gasteiger charge is -2.52. The number of methoxy groups -OCH3 is 1. The Bertz CT molecular complexity index is 468. The maximum Gasteiger partial charge on any atom is 0.0951 e. The van der Waals surface area contributed by atoms with Crippen molar-refractivity contribution in [2.24, 2.45) is 5.41 Å². The van der Waals surface area contributed by atoms with Crippen LogP contribution in [0, 0.1) is 5.41 Å². The molecule has 0 bridgehead atoms. The fourth-order valence-corrected chi connectivity index (χ4v) is 3.95. The van der Waals surface area contributed by atoms with Gasteiger partial charge in [0, 0.05) is 36.8 Å². The Balaban J connectivity index is 1.81. The molecule has 4 unspecified atom stereocenters. The Morgan fingerprint density at radius 3 is 2.85 bits per heavy atom. The second-order valence-corrected chi connectivity index (χ2v) is 7.07. The molecular weight excluding hydrogens is 250 g/mol. The van der Waals surface area contributed by atoms with Gasteiger partial charge in [0.25, 0.3) is 0 Å². The zero-order valence-corrected chi connectivity index (χ0v) is 13.1. The van der Waals surface area contributed by atoms with Crippen molar-refractivity contribution in [1.29, 1.82) is 0 Å². The first-order valence-corrected chi connectivity index (χ1v) is 7.84. The van der Waals surface area contributed by atoms with Crippen LogP contribution in [-0.4, -0.2) is 28.8 Å². The Kier molecular flexibility index (Phi) is 3.63. The van der Waals surface area contributed by atoms with Crippen LogP contribution in [0.4, 0.5) is 0 Å². The molecule has 3 rings (SSSR count). The molecular formula is C16H27N3O. The second-order valence-electron chi connectivity index (χ2n) is 7.07. The van der Waals surface area contributed by atoms with E-state index in [-0.39, 0.29) is 5.41 Å². The molecule has 2 heterocycles. The van der Waals surface area contributed by atoms with Crippen molar-refractivity contribution >= 4 is 0 Å². The first kappa shape index (κ1) is 14.1. The third-order valence-corrected chi connectivity index (χ3v) is 5.41. The fourth-order valence-electron chi connectivity index (χ4n) is 3.95. The van der Waals surface area contributed by atoms with Gasteiger partial charge in [0.2, 0.25) is 0 Å². The van der Waals surface area contributed by atoms with Gasteiger partial charge in [-0.05, 0) is 32.6 Å². The van der Waals surface area contributed by atoms with E-state index in [1.807, 2.05) is 19.6 Å². The molecule has 1 N–H and O–H groups in total. The van der Waals surface area contributed by atoms with Gasteiger partial charge < -0.3 is 14.6 Å². The number of imidazole rings is 1. The third-order valence-electron chi connectivity index (χ3n) is 5.41. The predicted octanol–water partition coefficient (Wildman–Crippen LogP) is 3.07. The van der Waals surface area contributed by atoms with Crippen LogP contribution in [-0.2, 0) is 4.74 Å². The lowest BCUT2D eigenvalue weighted by molar-refractivity contribution is -0.113. The quantitative estimate of drug-likeness (QED) is 0.923. The molecule has 1 aliphatic heterocycles. The number of hydrogen-bond acceptors (Lipinski definition) is 3. The largest absolute Gasteiger partial charge is 0.381 e. The Morgan fingerprint density at radius 2 is 2.20 bits per heavy atom. The molecule has 0 aromatic carbocycles. The van der Waals surface area contributed by atoms with Gasteiger partial charge in [-0.3, -0.25) is 0 Å². The van der Waals surface area contributed by atoms with Crippen LogP contribution >= 0.6 is 0 Å². The van der Waals surface area contributed by atoms with Gasteiger partial charge >= 0.3 is 0 Å². The number of rotatable bonds is 3. The highest BCUT2D eigenvalue weighted by atomic mass is 16.5. The zero-order valence-electron chi connectivity index (χ0n) is 13.1. The number of nitrogens with zero attached hydrogens (tertiary/aromatic N) is 2. The lowest BCUT2D eigenvalue weighted by Crippen LogP contribution is -2.51. The summed E-state index contributed by atoms with van der Waals surface area (Å²) >= 11 is 0. The number of aromatic nitrogens is 2. The molecule has 4 atom stereocenters. The van der Waals surface area contributed by atoms with Crippen molar-refractivity contribution in [2.45, 2.75) is 70.7 Å². The first-order valence-electron chi connectivity index (χ1n) is 7.84. The van der Waals surface area contributed by atoms with E-state index in [2.05, 4.69) is 35.6 Å². The number of piperidine rings is 1. The van der Waals surface area contributed by atoms with Gasteiger partial charge in [-0.25, -0.2) is 4.98 Å². The van der Waals surface area contributed by atoms with Crippen molar-refractivity contribution in [1.82, 2.24) is 14.9 Å². The van der Waals surface area contributed by atoms with E-state index in [9.17, 15) is 0 Å². The van der Waals surface area contributed by atoms with Crippen molar-refractivity contribution in [3.05, 3.63) is 18.2 Å². The van der Waals surface area contributed by atoms with Gasteiger partial charge in [-0.1, -0.05) is 13.8 Å². The van der Waals surface area contributed by atoms with Crippen LogP contribution in [0.25, 0.3) is 0 Å². The minimum Gasteiger partial charge on any atom is -0.381 e. The van der Waals surface area contributed by atoms with Crippen LogP contribution in [0.1, 0.15) is 64.2 Å². The van der Waals surface area contributed by atoms with Crippen LogP contribution in [0.5, 0.6) is 0 Å². The van der Waals surface area contributed by atoms with Gasteiger partial charge in [-0.15, -0.1) is 0 Å². The first-order chi connectivity index (χ1) is 9.54. The van der Waals surface area contributed by atoms with Crippen molar-refractivity contribution in [3.63, 3.8) is 0 Å². The van der Waals surface area contributed by atoms with Crippen LogP contribution in [0.2, 0.25) is 0 Å². The van der Waals surface area contributed by atoms with Gasteiger partial charge in [0.1, 0.15) is 0 Å². The van der Waals surface area contributed by atoms with Crippen LogP contribution in [0.3, 0.4) is 0 Å². The Morgan fingerprint density at radius 1 is 1.40 bits per heavy atom. The summed E-state index contributed by atoms with van der Waals surface area (Å²) in [5.41, 5.74) is 1.54. The average Bonchev–Trinajstić information content (AvgIpc) is 2.87. The minimum absolute atomic E-state index is 0.185. The summed E-state index contributed by atoms with van der Waals surface area (Å²) in [6.45, 7) is 6.88. The van der Waals surface area contributed by atoms with E-state index in [4.69, 9.17) is 4.74 Å². The highest BCUT2D eigenvalue weighted by Gasteiger charge is 2.50. The minimum atomic E-state index is 0.185. The average molecular weight is 277 g/mol. The van der Waals surface area contributed by atoms with Crippen LogP contribution in [0.15, 0.2) is 12.5 Å². The molecule has 112 valence electrons. The molecule has 2 aliphatic rings. The predicted molar refractivity (Wildman–Crippen MR) is 79.6 cm³/mol. The van der Waals surface area contributed by atoms with E-state index in [0.717, 1.165) is 6.42 Å². The monoisotopic (exact) mass is 277 g/mol. The number of nitrogens with one attached hydrogen (secondary N) is 1. The summed E-state index contributed by atoms with van der Waals surface area (Å²) in [7, 11) is 1.82. The molecule has 4 heteroatoms. The van der Waals surface area contributed by atoms with Crippen molar-refractivity contribution in [2.75, 3.05) is 7.11 Å². The fraction of sp³-hybridized carbons (Fsp3) is 0.812. The molecule has 1 saturated carbocycles. The summed E-state index contributed by atoms with van der Waals surface area (Å²) in [6, 6.07) is 1.57. The lowest BCUT2D eigenvalue weighted by atomic mass is 9.64. The molecule has 20 heavy (non-hydrogen) atoms. The standard InChI is InChI=1S/C16H27N3O/c1-11-6-5-7-12(18-11)13-9-17-10-19(13)14-8-15(20-4)16(14,2)3/h9-12,14-15,18H,5-8H2,1-4H3. The molecule has 1 aromatic rings. The topological polar surface area (TPSA) is 39.1 Å². The van der Waals surface area contributed by atoms with Crippen molar-refractivity contribution < 1.29 is 4.74 Å². The van der Waals surface area contributed by atoms with Crippen molar-refractivity contribution in [3.8, 4) is 0 Å². The Hall–Kier alpha value is -0.870. The number of hydrogen-bond donors (Lipinski definition) is 1. The molecule has 2 fully saturated rings. The maximum absolute atomic E-state index is 5.58. The summed E-state index contributed by atoms with van der Waals surface area (Å²) in [4.78, 5) is 4.42. The highest BCUT2D eigenvalue weighted by Crippen LogP contribution is 2.51. The second kappa shape index (κ2) is 5.15. The highest BCUT2D eigenvalue weighted by molar-refractivity contribution is 5.13. The van der Waals surface area contributed by atoms with E-state index >= 15 is 0 Å². The normalized spacial score (nSPS) is 36.6. The molecule has 4 nitrogen and oxygen atoms in total. The van der Waals surface area contributed by atoms with E-state index in [0.29, 0.717) is 24.2 Å². The van der Waals surface area contributed by atoms with E-state index in [1.54, 1.807) is 0 Å². The SMILES string of the molecule is COC1CC(n2cncc2C2CCCC(C)N2)C1(C)C. The summed E-state index contributed by atoms with van der Waals surface area (Å²) in [5.74, 6) is 0. The molecule has 0 radical (unpaired) electrons. The van der Waals surface area contributed by atoms with E-state index < -0.39 is 0 Å². The van der Waals surface area contributed by atoms with Gasteiger partial charge in [0.05, 0.1) is 18.1 Å². The number of ether oxygens (including phenoxy) is 1. The smallest absolute Gasteiger partial charge is 0.0951 e. The summed E-state index contributed by atoms with van der Waals surface area (Å²) in [6.07, 6.45) is 9.32. The molecule has 0 amide bonds. The van der Waals surface area contributed by atoms with Gasteiger partial charge in [0.15, 0.2) is 0 Å².